The molecular weight excluding hydrogens is 144 g/mol. The molecule has 1 N–H and O–H groups in total. The lowest BCUT2D eigenvalue weighted by Gasteiger charge is -2.25. The zero-order chi connectivity index (χ0) is 8.91. The summed E-state index contributed by atoms with van der Waals surface area (Å²) in [6.07, 6.45) is -0.486. The average molecular weight is 162 g/mol. The van der Waals surface area contributed by atoms with E-state index < -0.39 is 6.29 Å². The van der Waals surface area contributed by atoms with Gasteiger partial charge in [-0.05, 0) is 27.7 Å². The molecule has 68 valence electrons. The first-order valence-electron chi connectivity index (χ1n) is 3.90. The molecule has 0 heterocycles. The largest absolute Gasteiger partial charge is 0.391 e. The molecule has 0 rings (SSSR count). The van der Waals surface area contributed by atoms with Crippen molar-refractivity contribution in [1.82, 2.24) is 0 Å². The van der Waals surface area contributed by atoms with Crippen LogP contribution in [-0.2, 0) is 9.47 Å². The summed E-state index contributed by atoms with van der Waals surface area (Å²) in [7, 11) is 0. The second kappa shape index (κ2) is 4.70. The monoisotopic (exact) mass is 162 g/mol. The summed E-state index contributed by atoms with van der Waals surface area (Å²) in [4.78, 5) is 0. The number of ether oxygens (including phenoxy) is 2. The Morgan fingerprint density at radius 1 is 1.36 bits per heavy atom. The molecular formula is C8H18O3. The van der Waals surface area contributed by atoms with E-state index in [2.05, 4.69) is 0 Å². The lowest BCUT2D eigenvalue weighted by molar-refractivity contribution is -0.207. The molecule has 0 saturated carbocycles. The maximum absolute atomic E-state index is 8.77. The Hall–Kier alpha value is -0.120. The number of hydrogen-bond acceptors (Lipinski definition) is 3. The van der Waals surface area contributed by atoms with Crippen LogP contribution in [0.2, 0.25) is 0 Å². The SMILES string of the molecule is CCOC(CO)OC(C)(C)C. The van der Waals surface area contributed by atoms with Gasteiger partial charge in [0.15, 0.2) is 6.29 Å². The molecule has 0 aromatic carbocycles. The molecule has 0 radical (unpaired) electrons. The van der Waals surface area contributed by atoms with Crippen molar-refractivity contribution in [2.45, 2.75) is 39.6 Å². The van der Waals surface area contributed by atoms with Crippen LogP contribution in [0.3, 0.4) is 0 Å². The molecule has 0 amide bonds. The normalized spacial score (nSPS) is 15.0. The molecule has 3 nitrogen and oxygen atoms in total. The molecule has 0 bridgehead atoms. The van der Waals surface area contributed by atoms with Gasteiger partial charge >= 0.3 is 0 Å². The van der Waals surface area contributed by atoms with Gasteiger partial charge < -0.3 is 14.6 Å². The highest BCUT2D eigenvalue weighted by Crippen LogP contribution is 2.10. The molecule has 0 aromatic rings. The molecule has 11 heavy (non-hydrogen) atoms. The Kier molecular flexibility index (Phi) is 4.65. The summed E-state index contributed by atoms with van der Waals surface area (Å²) in [5.74, 6) is 0. The smallest absolute Gasteiger partial charge is 0.181 e. The van der Waals surface area contributed by atoms with Crippen molar-refractivity contribution in [2.24, 2.45) is 0 Å². The van der Waals surface area contributed by atoms with Crippen LogP contribution in [0.25, 0.3) is 0 Å². The molecule has 0 aliphatic carbocycles. The van der Waals surface area contributed by atoms with Crippen molar-refractivity contribution < 1.29 is 14.6 Å². The fourth-order valence-electron chi connectivity index (χ4n) is 0.704. The molecule has 0 aliphatic heterocycles. The summed E-state index contributed by atoms with van der Waals surface area (Å²) < 4.78 is 10.5. The van der Waals surface area contributed by atoms with Crippen LogP contribution in [0.4, 0.5) is 0 Å². The minimum atomic E-state index is -0.486. The van der Waals surface area contributed by atoms with Gasteiger partial charge in [0.1, 0.15) is 0 Å². The van der Waals surface area contributed by atoms with E-state index in [0.29, 0.717) is 6.61 Å². The van der Waals surface area contributed by atoms with Crippen molar-refractivity contribution in [1.29, 1.82) is 0 Å². The van der Waals surface area contributed by atoms with Crippen LogP contribution < -0.4 is 0 Å². The first kappa shape index (κ1) is 10.9. The molecule has 0 spiro atoms. The van der Waals surface area contributed by atoms with E-state index in [1.807, 2.05) is 27.7 Å². The Morgan fingerprint density at radius 2 is 1.91 bits per heavy atom. The van der Waals surface area contributed by atoms with Gasteiger partial charge in [-0.2, -0.15) is 0 Å². The third kappa shape index (κ3) is 6.28. The van der Waals surface area contributed by atoms with Crippen LogP contribution in [-0.4, -0.2) is 30.2 Å². The van der Waals surface area contributed by atoms with Crippen LogP contribution >= 0.6 is 0 Å². The van der Waals surface area contributed by atoms with E-state index in [4.69, 9.17) is 14.6 Å². The molecule has 1 unspecified atom stereocenters. The van der Waals surface area contributed by atoms with E-state index in [1.54, 1.807) is 0 Å². The summed E-state index contributed by atoms with van der Waals surface area (Å²) in [5, 5.41) is 8.77. The molecule has 1 atom stereocenters. The standard InChI is InChI=1S/C8H18O3/c1-5-10-7(6-9)11-8(2,3)4/h7,9H,5-6H2,1-4H3. The van der Waals surface area contributed by atoms with E-state index in [1.165, 1.54) is 0 Å². The average Bonchev–Trinajstić information content (AvgIpc) is 1.84. The summed E-state index contributed by atoms with van der Waals surface area (Å²) in [5.41, 5.74) is -0.261. The second-order valence-electron chi connectivity index (χ2n) is 3.30. The second-order valence-corrected chi connectivity index (χ2v) is 3.30. The first-order valence-corrected chi connectivity index (χ1v) is 3.90. The maximum Gasteiger partial charge on any atom is 0.181 e. The highest BCUT2D eigenvalue weighted by atomic mass is 16.7. The van der Waals surface area contributed by atoms with Gasteiger partial charge in [0.2, 0.25) is 0 Å². The highest BCUT2D eigenvalue weighted by Gasteiger charge is 2.17. The first-order chi connectivity index (χ1) is 4.99. The van der Waals surface area contributed by atoms with Gasteiger partial charge in [-0.3, -0.25) is 0 Å². The highest BCUT2D eigenvalue weighted by molar-refractivity contribution is 4.60. The van der Waals surface area contributed by atoms with E-state index in [0.717, 1.165) is 0 Å². The third-order valence-electron chi connectivity index (χ3n) is 0.987. The molecule has 0 aromatic heterocycles. The van der Waals surface area contributed by atoms with Gasteiger partial charge in [0.05, 0.1) is 12.2 Å². The van der Waals surface area contributed by atoms with Crippen LogP contribution in [0.5, 0.6) is 0 Å². The van der Waals surface area contributed by atoms with Crippen LogP contribution in [0.1, 0.15) is 27.7 Å². The fraction of sp³-hybridized carbons (Fsp3) is 1.00. The Morgan fingerprint density at radius 3 is 2.18 bits per heavy atom. The molecule has 0 fully saturated rings. The van der Waals surface area contributed by atoms with Gasteiger partial charge in [0.25, 0.3) is 0 Å². The van der Waals surface area contributed by atoms with Crippen molar-refractivity contribution in [3.05, 3.63) is 0 Å². The predicted octanol–water partition coefficient (Wildman–Crippen LogP) is 1.16. The summed E-state index contributed by atoms with van der Waals surface area (Å²) in [6.45, 7) is 8.11. The quantitative estimate of drug-likeness (QED) is 0.630. The zero-order valence-corrected chi connectivity index (χ0v) is 7.76. The number of aliphatic hydroxyl groups excluding tert-OH is 1. The van der Waals surface area contributed by atoms with Crippen LogP contribution in [0.15, 0.2) is 0 Å². The van der Waals surface area contributed by atoms with Crippen molar-refractivity contribution in [2.75, 3.05) is 13.2 Å². The number of hydrogen-bond donors (Lipinski definition) is 1. The zero-order valence-electron chi connectivity index (χ0n) is 7.76. The van der Waals surface area contributed by atoms with Gasteiger partial charge in [-0.1, -0.05) is 0 Å². The third-order valence-corrected chi connectivity index (χ3v) is 0.987. The van der Waals surface area contributed by atoms with E-state index >= 15 is 0 Å². The predicted molar refractivity (Wildman–Crippen MR) is 43.3 cm³/mol. The van der Waals surface area contributed by atoms with E-state index in [9.17, 15) is 0 Å². The fourth-order valence-corrected chi connectivity index (χ4v) is 0.704. The molecule has 0 aliphatic rings. The molecule has 0 saturated heterocycles. The number of rotatable bonds is 4. The molecule has 3 heteroatoms. The lowest BCUT2D eigenvalue weighted by Crippen LogP contribution is -2.31. The van der Waals surface area contributed by atoms with E-state index in [-0.39, 0.29) is 12.2 Å². The van der Waals surface area contributed by atoms with Crippen molar-refractivity contribution in [3.63, 3.8) is 0 Å². The van der Waals surface area contributed by atoms with Crippen molar-refractivity contribution in [3.8, 4) is 0 Å². The van der Waals surface area contributed by atoms with Gasteiger partial charge in [-0.15, -0.1) is 0 Å². The topological polar surface area (TPSA) is 38.7 Å². The summed E-state index contributed by atoms with van der Waals surface area (Å²) >= 11 is 0. The Bertz CT molecular complexity index is 96.0. The van der Waals surface area contributed by atoms with Crippen molar-refractivity contribution >= 4 is 0 Å². The minimum absolute atomic E-state index is 0.0922. The Balaban J connectivity index is 3.68. The maximum atomic E-state index is 8.77. The number of aliphatic hydroxyl groups is 1. The lowest BCUT2D eigenvalue weighted by atomic mass is 10.2. The van der Waals surface area contributed by atoms with Crippen LogP contribution in [0, 0.1) is 0 Å². The Labute approximate surface area is 68.3 Å². The minimum Gasteiger partial charge on any atom is -0.391 e. The van der Waals surface area contributed by atoms with Gasteiger partial charge in [0, 0.05) is 6.61 Å². The summed E-state index contributed by atoms with van der Waals surface area (Å²) in [6, 6.07) is 0. The van der Waals surface area contributed by atoms with Gasteiger partial charge in [-0.25, -0.2) is 0 Å².